The number of halogens is 1. The van der Waals surface area contributed by atoms with E-state index in [0.717, 1.165) is 25.3 Å². The van der Waals surface area contributed by atoms with Crippen LogP contribution >= 0.6 is 11.6 Å². The van der Waals surface area contributed by atoms with Crippen LogP contribution < -0.4 is 0 Å². The quantitative estimate of drug-likeness (QED) is 0.0795. The van der Waals surface area contributed by atoms with Crippen molar-refractivity contribution in [3.8, 4) is 0 Å². The summed E-state index contributed by atoms with van der Waals surface area (Å²) in [6.45, 7) is 11.8. The summed E-state index contributed by atoms with van der Waals surface area (Å²) in [6, 6.07) is 0. The fourth-order valence-electron chi connectivity index (χ4n) is 2.88. The molecule has 0 spiro atoms. The van der Waals surface area contributed by atoms with Crippen LogP contribution in [0.4, 0.5) is 0 Å². The monoisotopic (exact) mass is 590 g/mol. The molecule has 0 aliphatic rings. The van der Waals surface area contributed by atoms with Crippen molar-refractivity contribution in [2.75, 3.05) is 152 Å². The van der Waals surface area contributed by atoms with Crippen molar-refractivity contribution in [2.45, 2.75) is 25.7 Å². The Hall–Kier alpha value is -0.150. The van der Waals surface area contributed by atoms with Crippen molar-refractivity contribution in [1.29, 1.82) is 0 Å². The van der Waals surface area contributed by atoms with Crippen molar-refractivity contribution in [3.05, 3.63) is 0 Å². The summed E-state index contributed by atoms with van der Waals surface area (Å²) in [5, 5.41) is 0. The lowest BCUT2D eigenvalue weighted by Gasteiger charge is -2.09. The molecular formula is C27H55ClO11. The number of hydrogen-bond acceptors (Lipinski definition) is 11. The molecule has 11 nitrogen and oxygen atoms in total. The molecule has 236 valence electrons. The first-order chi connectivity index (χ1) is 19.4. The second kappa shape index (κ2) is 37.9. The molecule has 0 atom stereocenters. The molecule has 0 N–H and O–H groups in total. The maximum absolute atomic E-state index is 5.64. The molecule has 0 amide bonds. The fourth-order valence-corrected chi connectivity index (χ4v) is 3.06. The second-order valence-electron chi connectivity index (χ2n) is 8.22. The minimum atomic E-state index is 0.523. The topological polar surface area (TPSA) is 102 Å². The number of ether oxygens (including phenoxy) is 11. The highest BCUT2D eigenvalue weighted by atomic mass is 35.5. The molecule has 12 heteroatoms. The number of unbranched alkanes of at least 4 members (excludes halogenated alkanes) is 3. The number of alkyl halides is 1. The lowest BCUT2D eigenvalue weighted by atomic mass is 10.2. The molecule has 0 saturated carbocycles. The van der Waals surface area contributed by atoms with Crippen molar-refractivity contribution in [2.24, 2.45) is 0 Å². The van der Waals surface area contributed by atoms with Crippen LogP contribution in [0.3, 0.4) is 0 Å². The van der Waals surface area contributed by atoms with Crippen molar-refractivity contribution >= 4 is 11.6 Å². The Kier molecular flexibility index (Phi) is 37.7. The minimum Gasteiger partial charge on any atom is -0.382 e. The first-order valence-corrected chi connectivity index (χ1v) is 14.8. The predicted molar refractivity (Wildman–Crippen MR) is 149 cm³/mol. The van der Waals surface area contributed by atoms with Gasteiger partial charge in [0, 0.05) is 19.6 Å². The van der Waals surface area contributed by atoms with Crippen molar-refractivity contribution in [1.82, 2.24) is 0 Å². The first kappa shape index (κ1) is 38.9. The van der Waals surface area contributed by atoms with Gasteiger partial charge in [-0.2, -0.15) is 0 Å². The van der Waals surface area contributed by atoms with Crippen LogP contribution in [-0.4, -0.2) is 152 Å². The van der Waals surface area contributed by atoms with Gasteiger partial charge in [0.2, 0.25) is 0 Å². The van der Waals surface area contributed by atoms with Crippen LogP contribution in [-0.2, 0) is 52.1 Å². The van der Waals surface area contributed by atoms with Crippen molar-refractivity contribution in [3.63, 3.8) is 0 Å². The third-order valence-electron chi connectivity index (χ3n) is 4.95. The zero-order valence-electron chi connectivity index (χ0n) is 24.3. The molecule has 0 aromatic heterocycles. The van der Waals surface area contributed by atoms with Gasteiger partial charge in [-0.1, -0.05) is 12.8 Å². The third-order valence-corrected chi connectivity index (χ3v) is 5.22. The summed E-state index contributed by atoms with van der Waals surface area (Å²) >= 11 is 5.64. The van der Waals surface area contributed by atoms with E-state index in [0.29, 0.717) is 132 Å². The van der Waals surface area contributed by atoms with Gasteiger partial charge in [-0.15, -0.1) is 11.6 Å². The van der Waals surface area contributed by atoms with E-state index in [-0.39, 0.29) is 0 Å². The second-order valence-corrected chi connectivity index (χ2v) is 8.60. The zero-order valence-corrected chi connectivity index (χ0v) is 25.0. The van der Waals surface area contributed by atoms with Crippen LogP contribution in [0.1, 0.15) is 25.7 Å². The van der Waals surface area contributed by atoms with Gasteiger partial charge in [0.15, 0.2) is 0 Å². The third kappa shape index (κ3) is 37.9. The predicted octanol–water partition coefficient (Wildman–Crippen LogP) is 2.60. The molecule has 0 aromatic carbocycles. The molecule has 0 saturated heterocycles. The molecule has 0 aliphatic heterocycles. The summed E-state index contributed by atoms with van der Waals surface area (Å²) in [4.78, 5) is 0. The van der Waals surface area contributed by atoms with E-state index in [1.165, 1.54) is 12.8 Å². The van der Waals surface area contributed by atoms with E-state index in [1.54, 1.807) is 7.11 Å². The Bertz CT molecular complexity index is 389. The van der Waals surface area contributed by atoms with Gasteiger partial charge in [-0.3, -0.25) is 0 Å². The number of rotatable bonds is 36. The molecule has 0 rings (SSSR count). The molecule has 0 radical (unpaired) electrons. The van der Waals surface area contributed by atoms with E-state index in [4.69, 9.17) is 63.7 Å². The molecule has 0 fully saturated rings. The van der Waals surface area contributed by atoms with E-state index < -0.39 is 0 Å². The Morgan fingerprint density at radius 1 is 0.282 bits per heavy atom. The van der Waals surface area contributed by atoms with E-state index in [1.807, 2.05) is 0 Å². The Morgan fingerprint density at radius 2 is 0.513 bits per heavy atom. The lowest BCUT2D eigenvalue weighted by molar-refractivity contribution is -0.0271. The summed E-state index contributed by atoms with van der Waals surface area (Å²) in [6.07, 6.45) is 4.51. The average molecular weight is 591 g/mol. The van der Waals surface area contributed by atoms with Crippen LogP contribution in [0.2, 0.25) is 0 Å². The maximum atomic E-state index is 5.64. The van der Waals surface area contributed by atoms with Gasteiger partial charge in [-0.05, 0) is 12.8 Å². The standard InChI is InChI=1S/C27H55ClO11/c1-29-8-9-31-12-13-33-16-17-35-20-21-37-24-25-39-27-26-38-23-22-36-19-18-34-15-14-32-11-10-30-7-5-3-2-4-6-28/h2-27H2,1H3. The lowest BCUT2D eigenvalue weighted by Crippen LogP contribution is -2.15. The normalized spacial score (nSPS) is 11.5. The van der Waals surface area contributed by atoms with Crippen LogP contribution in [0.25, 0.3) is 0 Å². The molecule has 0 aromatic rings. The summed E-state index contributed by atoms with van der Waals surface area (Å²) in [5.41, 5.74) is 0. The fraction of sp³-hybridized carbons (Fsp3) is 1.00. The highest BCUT2D eigenvalue weighted by molar-refractivity contribution is 6.17. The molecule has 0 heterocycles. The van der Waals surface area contributed by atoms with E-state index >= 15 is 0 Å². The molecule has 0 aliphatic carbocycles. The highest BCUT2D eigenvalue weighted by Gasteiger charge is 1.96. The number of methoxy groups -OCH3 is 1. The summed E-state index contributed by atoms with van der Waals surface area (Å²) < 4.78 is 59.3. The van der Waals surface area contributed by atoms with E-state index in [9.17, 15) is 0 Å². The highest BCUT2D eigenvalue weighted by Crippen LogP contribution is 2.01. The molecule has 0 bridgehead atoms. The van der Waals surface area contributed by atoms with Crippen molar-refractivity contribution < 1.29 is 52.1 Å². The average Bonchev–Trinajstić information content (AvgIpc) is 2.95. The van der Waals surface area contributed by atoms with E-state index in [2.05, 4.69) is 0 Å². The number of hydrogen-bond donors (Lipinski definition) is 0. The Morgan fingerprint density at radius 3 is 0.769 bits per heavy atom. The smallest absolute Gasteiger partial charge is 0.0701 e. The molecule has 39 heavy (non-hydrogen) atoms. The van der Waals surface area contributed by atoms with Crippen LogP contribution in [0.5, 0.6) is 0 Å². The van der Waals surface area contributed by atoms with Gasteiger partial charge >= 0.3 is 0 Å². The first-order valence-electron chi connectivity index (χ1n) is 14.2. The van der Waals surface area contributed by atoms with Gasteiger partial charge in [-0.25, -0.2) is 0 Å². The SMILES string of the molecule is COCCOCCOCCOCCOCCOCCOCCOCCOCCOCCOCCCCCCCl. The molecular weight excluding hydrogens is 536 g/mol. The minimum absolute atomic E-state index is 0.523. The van der Waals surface area contributed by atoms with Gasteiger partial charge in [0.05, 0.1) is 132 Å². The molecule has 0 unspecified atom stereocenters. The summed E-state index contributed by atoms with van der Waals surface area (Å²) in [7, 11) is 1.65. The summed E-state index contributed by atoms with van der Waals surface area (Å²) in [5.74, 6) is 0.746. The van der Waals surface area contributed by atoms with Gasteiger partial charge in [0.1, 0.15) is 0 Å². The largest absolute Gasteiger partial charge is 0.382 e. The zero-order chi connectivity index (χ0) is 28.2. The van der Waals surface area contributed by atoms with Crippen LogP contribution in [0, 0.1) is 0 Å². The Balaban J connectivity index is 3.01. The van der Waals surface area contributed by atoms with Gasteiger partial charge in [0.25, 0.3) is 0 Å². The Labute approximate surface area is 241 Å². The van der Waals surface area contributed by atoms with Crippen LogP contribution in [0.15, 0.2) is 0 Å². The maximum Gasteiger partial charge on any atom is 0.0701 e. The van der Waals surface area contributed by atoms with Gasteiger partial charge < -0.3 is 52.1 Å².